The third-order valence-corrected chi connectivity index (χ3v) is 3.89. The van der Waals surface area contributed by atoms with Gasteiger partial charge in [-0.15, -0.1) is 0 Å². The van der Waals surface area contributed by atoms with Gasteiger partial charge in [-0.05, 0) is 56.3 Å². The minimum atomic E-state index is 0.451. The van der Waals surface area contributed by atoms with Gasteiger partial charge in [0, 0.05) is 5.69 Å². The van der Waals surface area contributed by atoms with Crippen molar-refractivity contribution in [3.63, 3.8) is 0 Å². The quantitative estimate of drug-likeness (QED) is 0.773. The fourth-order valence-electron chi connectivity index (χ4n) is 2.47. The lowest BCUT2D eigenvalue weighted by molar-refractivity contribution is 0.227. The smallest absolute Gasteiger partial charge is 0.103 e. The molecule has 1 aromatic rings. The van der Waals surface area contributed by atoms with E-state index in [1.54, 1.807) is 0 Å². The molecular formula is C13H20N2S. The van der Waals surface area contributed by atoms with Crippen molar-refractivity contribution in [2.45, 2.75) is 33.1 Å². The first-order valence-corrected chi connectivity index (χ1v) is 6.39. The van der Waals surface area contributed by atoms with E-state index in [0.29, 0.717) is 5.41 Å². The summed E-state index contributed by atoms with van der Waals surface area (Å²) < 4.78 is 0.830. The lowest BCUT2D eigenvalue weighted by Crippen LogP contribution is -2.36. The Labute approximate surface area is 102 Å². The normalized spacial score (nSPS) is 19.6. The summed E-state index contributed by atoms with van der Waals surface area (Å²) in [5, 5.41) is 3.42. The highest BCUT2D eigenvalue weighted by Gasteiger charge is 2.27. The molecule has 1 aliphatic heterocycles. The van der Waals surface area contributed by atoms with Crippen LogP contribution in [0.25, 0.3) is 0 Å². The first kappa shape index (κ1) is 11.8. The maximum atomic E-state index is 5.13. The molecule has 88 valence electrons. The Morgan fingerprint density at radius 3 is 2.62 bits per heavy atom. The van der Waals surface area contributed by atoms with Crippen LogP contribution in [-0.2, 0) is 6.42 Å². The highest BCUT2D eigenvalue weighted by Crippen LogP contribution is 2.32. The van der Waals surface area contributed by atoms with Gasteiger partial charge in [-0.3, -0.25) is 0 Å². The number of H-pyrrole nitrogens is 1. The van der Waals surface area contributed by atoms with Crippen LogP contribution in [0, 0.1) is 17.0 Å². The molecule has 0 radical (unpaired) electrons. The van der Waals surface area contributed by atoms with E-state index >= 15 is 0 Å². The van der Waals surface area contributed by atoms with Crippen LogP contribution in [0.1, 0.15) is 31.0 Å². The van der Waals surface area contributed by atoms with Gasteiger partial charge < -0.3 is 10.3 Å². The van der Waals surface area contributed by atoms with Gasteiger partial charge in [0.15, 0.2) is 0 Å². The molecular weight excluding hydrogens is 216 g/mol. The van der Waals surface area contributed by atoms with E-state index in [9.17, 15) is 0 Å². The summed E-state index contributed by atoms with van der Waals surface area (Å²) in [6, 6.07) is 4.18. The van der Waals surface area contributed by atoms with Crippen LogP contribution in [0.15, 0.2) is 12.1 Å². The number of nitrogens with one attached hydrogen (secondary N) is 2. The molecule has 1 fully saturated rings. The zero-order valence-corrected chi connectivity index (χ0v) is 10.9. The summed E-state index contributed by atoms with van der Waals surface area (Å²) in [5.41, 5.74) is 3.09. The summed E-state index contributed by atoms with van der Waals surface area (Å²) in [7, 11) is 0. The molecule has 3 heteroatoms. The van der Waals surface area contributed by atoms with Crippen LogP contribution in [0.5, 0.6) is 0 Å². The van der Waals surface area contributed by atoms with Gasteiger partial charge in [0.2, 0.25) is 0 Å². The molecule has 0 amide bonds. The van der Waals surface area contributed by atoms with Crippen molar-refractivity contribution >= 4 is 12.2 Å². The Balaban J connectivity index is 2.16. The number of piperidine rings is 1. The lowest BCUT2D eigenvalue weighted by Gasteiger charge is -2.34. The highest BCUT2D eigenvalue weighted by molar-refractivity contribution is 7.71. The number of aryl methyl sites for hydroxylation is 1. The largest absolute Gasteiger partial charge is 0.350 e. The first-order chi connectivity index (χ1) is 7.59. The summed E-state index contributed by atoms with van der Waals surface area (Å²) >= 11 is 5.13. The van der Waals surface area contributed by atoms with Gasteiger partial charge in [0.1, 0.15) is 4.64 Å². The average molecular weight is 236 g/mol. The van der Waals surface area contributed by atoms with Crippen LogP contribution >= 0.6 is 12.2 Å². The number of rotatable bonds is 2. The highest BCUT2D eigenvalue weighted by atomic mass is 32.1. The Morgan fingerprint density at radius 1 is 1.31 bits per heavy atom. The second-order valence-corrected chi connectivity index (χ2v) is 5.65. The van der Waals surface area contributed by atoms with Crippen LogP contribution in [0.4, 0.5) is 0 Å². The van der Waals surface area contributed by atoms with E-state index in [-0.39, 0.29) is 0 Å². The zero-order valence-electron chi connectivity index (χ0n) is 10.1. The minimum absolute atomic E-state index is 0.451. The van der Waals surface area contributed by atoms with Gasteiger partial charge in [0.25, 0.3) is 0 Å². The molecule has 2 heterocycles. The lowest BCUT2D eigenvalue weighted by atomic mass is 9.76. The van der Waals surface area contributed by atoms with Crippen molar-refractivity contribution in [2.75, 3.05) is 13.1 Å². The van der Waals surface area contributed by atoms with Crippen LogP contribution in [-0.4, -0.2) is 18.1 Å². The minimum Gasteiger partial charge on any atom is -0.350 e. The third-order valence-electron chi connectivity index (χ3n) is 3.66. The predicted molar refractivity (Wildman–Crippen MR) is 70.3 cm³/mol. The fourth-order valence-corrected chi connectivity index (χ4v) is 2.69. The number of hydrogen-bond donors (Lipinski definition) is 2. The van der Waals surface area contributed by atoms with Gasteiger partial charge >= 0.3 is 0 Å². The fraction of sp³-hybridized carbons (Fsp3) is 0.615. The van der Waals surface area contributed by atoms with E-state index in [1.807, 2.05) is 6.07 Å². The van der Waals surface area contributed by atoms with Gasteiger partial charge in [-0.1, -0.05) is 25.2 Å². The SMILES string of the molecule is Cc1[nH]c(=S)ccc1CC1(C)CCNCC1. The Kier molecular flexibility index (Phi) is 3.45. The van der Waals surface area contributed by atoms with E-state index < -0.39 is 0 Å². The second kappa shape index (κ2) is 4.68. The summed E-state index contributed by atoms with van der Waals surface area (Å²) in [5.74, 6) is 0. The molecule has 1 saturated heterocycles. The molecule has 1 aliphatic rings. The molecule has 0 aromatic carbocycles. The Bertz CT molecular complexity index is 416. The van der Waals surface area contributed by atoms with E-state index in [0.717, 1.165) is 24.2 Å². The van der Waals surface area contributed by atoms with Crippen LogP contribution in [0.2, 0.25) is 0 Å². The van der Waals surface area contributed by atoms with E-state index in [4.69, 9.17) is 12.2 Å². The standard InChI is InChI=1S/C13H20N2S/c1-10-11(3-4-12(16)15-10)9-13(2)5-7-14-8-6-13/h3-4,14H,5-9H2,1-2H3,(H,15,16). The Morgan fingerprint density at radius 2 is 2.00 bits per heavy atom. The maximum absolute atomic E-state index is 5.13. The molecule has 0 atom stereocenters. The van der Waals surface area contributed by atoms with Crippen molar-refractivity contribution in [3.05, 3.63) is 28.0 Å². The van der Waals surface area contributed by atoms with Crippen molar-refractivity contribution in [3.8, 4) is 0 Å². The number of pyridine rings is 1. The summed E-state index contributed by atoms with van der Waals surface area (Å²) in [4.78, 5) is 3.24. The predicted octanol–water partition coefficient (Wildman–Crippen LogP) is 2.98. The molecule has 1 aromatic heterocycles. The van der Waals surface area contributed by atoms with Gasteiger partial charge in [-0.25, -0.2) is 0 Å². The molecule has 0 spiro atoms. The van der Waals surface area contributed by atoms with Crippen molar-refractivity contribution in [1.29, 1.82) is 0 Å². The molecule has 0 saturated carbocycles. The molecule has 2 nitrogen and oxygen atoms in total. The molecule has 0 bridgehead atoms. The van der Waals surface area contributed by atoms with Gasteiger partial charge in [0.05, 0.1) is 0 Å². The molecule has 0 unspecified atom stereocenters. The van der Waals surface area contributed by atoms with Gasteiger partial charge in [-0.2, -0.15) is 0 Å². The molecule has 2 N–H and O–H groups in total. The summed E-state index contributed by atoms with van der Waals surface area (Å²) in [6.45, 7) is 6.82. The van der Waals surface area contributed by atoms with Crippen molar-refractivity contribution in [1.82, 2.24) is 10.3 Å². The van der Waals surface area contributed by atoms with E-state index in [2.05, 4.69) is 30.2 Å². The summed E-state index contributed by atoms with van der Waals surface area (Å²) in [6.07, 6.45) is 3.69. The second-order valence-electron chi connectivity index (χ2n) is 5.21. The average Bonchev–Trinajstić information content (AvgIpc) is 2.23. The Hall–Kier alpha value is -0.670. The number of aromatic nitrogens is 1. The topological polar surface area (TPSA) is 27.8 Å². The monoisotopic (exact) mass is 236 g/mol. The molecule has 0 aliphatic carbocycles. The van der Waals surface area contributed by atoms with Crippen LogP contribution < -0.4 is 5.32 Å². The molecule has 16 heavy (non-hydrogen) atoms. The van der Waals surface area contributed by atoms with Crippen LogP contribution in [0.3, 0.4) is 0 Å². The first-order valence-electron chi connectivity index (χ1n) is 5.99. The van der Waals surface area contributed by atoms with E-state index in [1.165, 1.54) is 24.1 Å². The molecule has 2 rings (SSSR count). The maximum Gasteiger partial charge on any atom is 0.103 e. The van der Waals surface area contributed by atoms with Crippen molar-refractivity contribution in [2.24, 2.45) is 5.41 Å². The number of hydrogen-bond acceptors (Lipinski definition) is 2. The van der Waals surface area contributed by atoms with Crippen molar-refractivity contribution < 1.29 is 0 Å². The zero-order chi connectivity index (χ0) is 11.6. The number of aromatic amines is 1. The third kappa shape index (κ3) is 2.71.